The number of hydrogen-bond acceptors (Lipinski definition) is 2. The van der Waals surface area contributed by atoms with Gasteiger partial charge in [0.1, 0.15) is 6.10 Å². The van der Waals surface area contributed by atoms with Crippen LogP contribution in [0.2, 0.25) is 0 Å². The minimum Gasteiger partial charge on any atom is -0.462 e. The van der Waals surface area contributed by atoms with Crippen molar-refractivity contribution in [3.63, 3.8) is 0 Å². The first kappa shape index (κ1) is 16.8. The average molecular weight is 352 g/mol. The summed E-state index contributed by atoms with van der Waals surface area (Å²) >= 11 is 0. The molecular formula is C13H12F8O2. The van der Waals surface area contributed by atoms with Gasteiger partial charge >= 0.3 is 23.7 Å². The number of carbonyl (C=O) groups is 1. The van der Waals surface area contributed by atoms with Crippen molar-refractivity contribution in [3.05, 3.63) is 0 Å². The monoisotopic (exact) mass is 352 g/mol. The van der Waals surface area contributed by atoms with Crippen LogP contribution in [0.3, 0.4) is 0 Å². The predicted molar refractivity (Wildman–Crippen MR) is 58.9 cm³/mol. The van der Waals surface area contributed by atoms with E-state index >= 15 is 4.39 Å². The van der Waals surface area contributed by atoms with E-state index in [1.807, 2.05) is 0 Å². The number of carbonyl (C=O) groups excluding carboxylic acids is 1. The van der Waals surface area contributed by atoms with E-state index in [1.54, 1.807) is 0 Å². The lowest BCUT2D eigenvalue weighted by Crippen LogP contribution is -2.73. The normalized spacial score (nSPS) is 48.8. The quantitative estimate of drug-likeness (QED) is 0.532. The molecular weight excluding hydrogens is 340 g/mol. The maximum absolute atomic E-state index is 15.0. The SMILES string of the molecule is CC(=O)OC1CC2CCC1C1(F)C(F)(F)C(F)(F)C(F)(F)C21F. The molecule has 0 saturated heterocycles. The number of rotatable bonds is 1. The molecule has 10 heteroatoms. The number of hydrogen-bond donors (Lipinski definition) is 0. The van der Waals surface area contributed by atoms with Crippen molar-refractivity contribution in [2.75, 3.05) is 0 Å². The van der Waals surface area contributed by atoms with Gasteiger partial charge in [0.15, 0.2) is 0 Å². The molecule has 2 bridgehead atoms. The van der Waals surface area contributed by atoms with E-state index in [9.17, 15) is 35.5 Å². The van der Waals surface area contributed by atoms with Crippen LogP contribution in [-0.2, 0) is 9.53 Å². The minimum atomic E-state index is -6.19. The van der Waals surface area contributed by atoms with Crippen LogP contribution in [-0.4, -0.2) is 41.2 Å². The molecule has 4 fully saturated rings. The zero-order chi connectivity index (χ0) is 17.6. The fourth-order valence-electron chi connectivity index (χ4n) is 4.46. The molecule has 0 radical (unpaired) electrons. The second-order valence-corrected chi connectivity index (χ2v) is 6.41. The van der Waals surface area contributed by atoms with Gasteiger partial charge in [0.05, 0.1) is 0 Å². The zero-order valence-electron chi connectivity index (χ0n) is 11.7. The molecule has 0 aliphatic heterocycles. The molecule has 0 aromatic heterocycles. The number of halogens is 8. The molecule has 4 rings (SSSR count). The summed E-state index contributed by atoms with van der Waals surface area (Å²) in [5, 5.41) is 0. The molecule has 0 amide bonds. The van der Waals surface area contributed by atoms with Gasteiger partial charge in [-0.05, 0) is 19.3 Å². The third-order valence-corrected chi connectivity index (χ3v) is 5.41. The first-order valence-corrected chi connectivity index (χ1v) is 6.95. The van der Waals surface area contributed by atoms with E-state index in [2.05, 4.69) is 4.74 Å². The Kier molecular flexibility index (Phi) is 2.99. The van der Waals surface area contributed by atoms with Crippen LogP contribution in [0.1, 0.15) is 26.2 Å². The van der Waals surface area contributed by atoms with Gasteiger partial charge in [-0.1, -0.05) is 0 Å². The molecule has 0 N–H and O–H groups in total. The van der Waals surface area contributed by atoms with Crippen molar-refractivity contribution >= 4 is 5.97 Å². The first-order valence-electron chi connectivity index (χ1n) is 6.95. The maximum Gasteiger partial charge on any atom is 0.378 e. The Hall–Kier alpha value is -1.09. The maximum atomic E-state index is 15.0. The first-order chi connectivity index (χ1) is 10.3. The summed E-state index contributed by atoms with van der Waals surface area (Å²) in [7, 11) is 0. The van der Waals surface area contributed by atoms with Crippen LogP contribution < -0.4 is 0 Å². The standard InChI is InChI=1S/C13H12F8O2/c1-5(22)23-8-4-6-2-3-7(8)10(15)9(6,14)11(16,17)13(20,21)12(10,18)19/h6-8H,2-4H2,1H3. The van der Waals surface area contributed by atoms with Crippen LogP contribution in [0.25, 0.3) is 0 Å². The van der Waals surface area contributed by atoms with Gasteiger partial charge in [-0.25, -0.2) is 8.78 Å². The van der Waals surface area contributed by atoms with Gasteiger partial charge in [0, 0.05) is 18.8 Å². The van der Waals surface area contributed by atoms with Crippen molar-refractivity contribution in [2.24, 2.45) is 11.8 Å². The summed E-state index contributed by atoms with van der Waals surface area (Å²) in [6.45, 7) is 0.867. The highest BCUT2D eigenvalue weighted by Crippen LogP contribution is 2.77. The van der Waals surface area contributed by atoms with Gasteiger partial charge in [-0.2, -0.15) is 26.3 Å². The Morgan fingerprint density at radius 1 is 0.870 bits per heavy atom. The van der Waals surface area contributed by atoms with Crippen LogP contribution in [0.4, 0.5) is 35.1 Å². The zero-order valence-corrected chi connectivity index (χ0v) is 11.7. The molecule has 23 heavy (non-hydrogen) atoms. The summed E-state index contributed by atoms with van der Waals surface area (Å²) in [6, 6.07) is 0. The lowest BCUT2D eigenvalue weighted by Gasteiger charge is -2.56. The van der Waals surface area contributed by atoms with Gasteiger partial charge < -0.3 is 4.74 Å². The summed E-state index contributed by atoms with van der Waals surface area (Å²) < 4.78 is 117. The second-order valence-electron chi connectivity index (χ2n) is 6.41. The summed E-state index contributed by atoms with van der Waals surface area (Å²) in [5.41, 5.74) is -9.53. The molecule has 0 heterocycles. The Balaban J connectivity index is 2.21. The lowest BCUT2D eigenvalue weighted by molar-refractivity contribution is -0.295. The Labute approximate surface area is 125 Å². The molecule has 5 unspecified atom stereocenters. The highest BCUT2D eigenvalue weighted by molar-refractivity contribution is 5.66. The third-order valence-electron chi connectivity index (χ3n) is 5.41. The van der Waals surface area contributed by atoms with Crippen molar-refractivity contribution in [1.29, 1.82) is 0 Å². The molecule has 0 spiro atoms. The van der Waals surface area contributed by atoms with Crippen molar-refractivity contribution in [1.82, 2.24) is 0 Å². The Morgan fingerprint density at radius 2 is 1.39 bits per heavy atom. The van der Waals surface area contributed by atoms with Crippen molar-refractivity contribution < 1.29 is 44.7 Å². The van der Waals surface area contributed by atoms with Gasteiger partial charge in [-0.15, -0.1) is 0 Å². The van der Waals surface area contributed by atoms with Crippen LogP contribution in [0.15, 0.2) is 0 Å². The number of esters is 1. The molecule has 4 aliphatic rings. The van der Waals surface area contributed by atoms with Gasteiger partial charge in [0.25, 0.3) is 0 Å². The summed E-state index contributed by atoms with van der Waals surface area (Å²) in [6.07, 6.45) is -3.36. The van der Waals surface area contributed by atoms with E-state index in [0.29, 0.717) is 0 Å². The highest BCUT2D eigenvalue weighted by atomic mass is 19.4. The number of fused-ring (bicyclic) bond motifs is 2. The van der Waals surface area contributed by atoms with Crippen molar-refractivity contribution in [2.45, 2.75) is 61.4 Å². The van der Waals surface area contributed by atoms with E-state index in [1.165, 1.54) is 0 Å². The van der Waals surface area contributed by atoms with E-state index in [0.717, 1.165) is 6.92 Å². The molecule has 0 aromatic carbocycles. The van der Waals surface area contributed by atoms with E-state index in [4.69, 9.17) is 0 Å². The molecule has 2 nitrogen and oxygen atoms in total. The van der Waals surface area contributed by atoms with E-state index in [-0.39, 0.29) is 0 Å². The fraction of sp³-hybridized carbons (Fsp3) is 0.923. The Morgan fingerprint density at radius 3 is 1.91 bits per heavy atom. The van der Waals surface area contributed by atoms with E-state index < -0.39 is 72.3 Å². The average Bonchev–Trinajstić information content (AvgIpc) is 2.48. The third kappa shape index (κ3) is 1.41. The van der Waals surface area contributed by atoms with Crippen molar-refractivity contribution in [3.8, 4) is 0 Å². The lowest BCUT2D eigenvalue weighted by atomic mass is 9.54. The van der Waals surface area contributed by atoms with Gasteiger partial charge in [0.2, 0.25) is 11.3 Å². The minimum absolute atomic E-state index is 0.466. The second kappa shape index (κ2) is 4.11. The highest BCUT2D eigenvalue weighted by Gasteiger charge is 3.02. The summed E-state index contributed by atoms with van der Waals surface area (Å²) in [4.78, 5) is 11.0. The molecule has 4 saturated carbocycles. The fourth-order valence-corrected chi connectivity index (χ4v) is 4.46. The Bertz CT molecular complexity index is 564. The summed E-state index contributed by atoms with van der Waals surface area (Å²) in [5.74, 6) is -23.4. The molecule has 4 aliphatic carbocycles. The predicted octanol–water partition coefficient (Wildman–Crippen LogP) is 3.68. The molecule has 0 aromatic rings. The smallest absolute Gasteiger partial charge is 0.378 e. The molecule has 132 valence electrons. The topological polar surface area (TPSA) is 26.3 Å². The number of ether oxygens (including phenoxy) is 1. The largest absolute Gasteiger partial charge is 0.462 e. The van der Waals surface area contributed by atoms with Crippen LogP contribution in [0.5, 0.6) is 0 Å². The van der Waals surface area contributed by atoms with Crippen LogP contribution >= 0.6 is 0 Å². The number of alkyl halides is 8. The van der Waals surface area contributed by atoms with Crippen LogP contribution in [0, 0.1) is 11.8 Å². The van der Waals surface area contributed by atoms with Gasteiger partial charge in [-0.3, -0.25) is 4.79 Å². The molecule has 5 atom stereocenters.